The molecule has 0 unspecified atom stereocenters. The lowest BCUT2D eigenvalue weighted by Gasteiger charge is -2.36. The number of anilines is 1. The SMILES string of the molecule is COc1ccccc1NC(=O)N[C@@H]1CC[C@@H](CCNC(=O)c2ccc3c(c2)OCO3)O[C@@H]1CO. The van der Waals surface area contributed by atoms with Gasteiger partial charge in [0.25, 0.3) is 5.91 Å². The minimum absolute atomic E-state index is 0.135. The molecule has 0 bridgehead atoms. The number of rotatable bonds is 8. The largest absolute Gasteiger partial charge is 0.495 e. The second-order valence-corrected chi connectivity index (χ2v) is 8.07. The van der Waals surface area contributed by atoms with Gasteiger partial charge >= 0.3 is 6.03 Å². The van der Waals surface area contributed by atoms with Crippen LogP contribution in [0.1, 0.15) is 29.6 Å². The number of aliphatic hydroxyl groups excluding tert-OH is 1. The summed E-state index contributed by atoms with van der Waals surface area (Å²) >= 11 is 0. The molecule has 2 aromatic carbocycles. The fourth-order valence-corrected chi connectivity index (χ4v) is 4.07. The topological polar surface area (TPSA) is 127 Å². The van der Waals surface area contributed by atoms with Gasteiger partial charge in [0.15, 0.2) is 11.5 Å². The molecule has 4 rings (SSSR count). The number of para-hydroxylation sites is 2. The maximum absolute atomic E-state index is 12.5. The van der Waals surface area contributed by atoms with E-state index in [-0.39, 0.29) is 31.5 Å². The third-order valence-electron chi connectivity index (χ3n) is 5.85. The Kier molecular flexibility index (Phi) is 7.71. The van der Waals surface area contributed by atoms with E-state index >= 15 is 0 Å². The molecule has 3 atom stereocenters. The Labute approximate surface area is 197 Å². The van der Waals surface area contributed by atoms with Gasteiger partial charge in [-0.05, 0) is 49.6 Å². The molecule has 1 fully saturated rings. The van der Waals surface area contributed by atoms with Crippen molar-refractivity contribution in [3.05, 3.63) is 48.0 Å². The minimum Gasteiger partial charge on any atom is -0.495 e. The molecule has 0 radical (unpaired) electrons. The van der Waals surface area contributed by atoms with Crippen LogP contribution in [-0.2, 0) is 4.74 Å². The van der Waals surface area contributed by atoms with E-state index in [0.29, 0.717) is 54.3 Å². The number of urea groups is 1. The van der Waals surface area contributed by atoms with Crippen LogP contribution in [0.3, 0.4) is 0 Å². The molecule has 10 nitrogen and oxygen atoms in total. The van der Waals surface area contributed by atoms with Crippen LogP contribution in [0.25, 0.3) is 0 Å². The number of methoxy groups -OCH3 is 1. The van der Waals surface area contributed by atoms with Gasteiger partial charge in [-0.25, -0.2) is 4.79 Å². The van der Waals surface area contributed by atoms with Crippen LogP contribution in [0.15, 0.2) is 42.5 Å². The zero-order valence-electron chi connectivity index (χ0n) is 18.9. The molecule has 4 N–H and O–H groups in total. The van der Waals surface area contributed by atoms with Gasteiger partial charge in [-0.3, -0.25) is 4.79 Å². The van der Waals surface area contributed by atoms with E-state index in [1.165, 1.54) is 7.11 Å². The lowest BCUT2D eigenvalue weighted by Crippen LogP contribution is -2.52. The molecular weight excluding hydrogens is 442 g/mol. The first-order chi connectivity index (χ1) is 16.6. The van der Waals surface area contributed by atoms with Gasteiger partial charge in [-0.1, -0.05) is 12.1 Å². The molecule has 0 aromatic heterocycles. The quantitative estimate of drug-likeness (QED) is 0.465. The van der Waals surface area contributed by atoms with E-state index in [1.54, 1.807) is 36.4 Å². The Bertz CT molecular complexity index is 1020. The zero-order chi connectivity index (χ0) is 23.9. The predicted octanol–water partition coefficient (Wildman–Crippen LogP) is 2.27. The molecule has 2 aliphatic rings. The highest BCUT2D eigenvalue weighted by molar-refractivity contribution is 5.95. The molecule has 10 heteroatoms. The number of carbonyl (C=O) groups is 2. The highest BCUT2D eigenvalue weighted by Gasteiger charge is 2.32. The van der Waals surface area contributed by atoms with Crippen LogP contribution < -0.4 is 30.2 Å². The monoisotopic (exact) mass is 471 g/mol. The van der Waals surface area contributed by atoms with E-state index in [9.17, 15) is 14.7 Å². The number of ether oxygens (including phenoxy) is 4. The lowest BCUT2D eigenvalue weighted by atomic mass is 9.97. The van der Waals surface area contributed by atoms with Crippen molar-refractivity contribution >= 4 is 17.6 Å². The lowest BCUT2D eigenvalue weighted by molar-refractivity contribution is -0.0886. The van der Waals surface area contributed by atoms with Crippen LogP contribution in [-0.4, -0.2) is 62.3 Å². The van der Waals surface area contributed by atoms with Crippen molar-refractivity contribution < 1.29 is 33.6 Å². The molecule has 2 heterocycles. The van der Waals surface area contributed by atoms with Gasteiger partial charge in [-0.15, -0.1) is 0 Å². The number of nitrogens with one attached hydrogen (secondary N) is 3. The summed E-state index contributed by atoms with van der Waals surface area (Å²) in [6.07, 6.45) is 1.25. The molecule has 3 amide bonds. The summed E-state index contributed by atoms with van der Waals surface area (Å²) in [6, 6.07) is 11.4. The smallest absolute Gasteiger partial charge is 0.319 e. The Balaban J connectivity index is 1.22. The molecule has 0 aliphatic carbocycles. The molecule has 2 aliphatic heterocycles. The fourth-order valence-electron chi connectivity index (χ4n) is 4.07. The van der Waals surface area contributed by atoms with Gasteiger partial charge in [0.05, 0.1) is 31.5 Å². The Morgan fingerprint density at radius 1 is 1.12 bits per heavy atom. The van der Waals surface area contributed by atoms with Crippen molar-refractivity contribution in [1.29, 1.82) is 0 Å². The first kappa shape index (κ1) is 23.7. The van der Waals surface area contributed by atoms with Crippen molar-refractivity contribution in [3.63, 3.8) is 0 Å². The number of hydrogen-bond donors (Lipinski definition) is 4. The number of amides is 3. The number of aliphatic hydroxyl groups is 1. The molecule has 0 spiro atoms. The van der Waals surface area contributed by atoms with Gasteiger partial charge in [0, 0.05) is 12.1 Å². The van der Waals surface area contributed by atoms with E-state index in [1.807, 2.05) is 6.07 Å². The first-order valence-electron chi connectivity index (χ1n) is 11.2. The van der Waals surface area contributed by atoms with Gasteiger partial charge in [-0.2, -0.15) is 0 Å². The molecule has 182 valence electrons. The second-order valence-electron chi connectivity index (χ2n) is 8.07. The summed E-state index contributed by atoms with van der Waals surface area (Å²) in [5.74, 6) is 1.53. The summed E-state index contributed by atoms with van der Waals surface area (Å²) in [5, 5.41) is 18.3. The molecule has 2 aromatic rings. The Morgan fingerprint density at radius 3 is 2.76 bits per heavy atom. The van der Waals surface area contributed by atoms with Crippen LogP contribution in [0.2, 0.25) is 0 Å². The Morgan fingerprint density at radius 2 is 1.94 bits per heavy atom. The van der Waals surface area contributed by atoms with Crippen LogP contribution in [0, 0.1) is 0 Å². The maximum atomic E-state index is 12.5. The van der Waals surface area contributed by atoms with Crippen molar-refractivity contribution in [1.82, 2.24) is 10.6 Å². The van der Waals surface area contributed by atoms with Crippen molar-refractivity contribution in [3.8, 4) is 17.2 Å². The van der Waals surface area contributed by atoms with E-state index in [0.717, 1.165) is 0 Å². The summed E-state index contributed by atoms with van der Waals surface area (Å²) in [7, 11) is 1.53. The molecule has 1 saturated heterocycles. The highest BCUT2D eigenvalue weighted by atomic mass is 16.7. The van der Waals surface area contributed by atoms with E-state index in [2.05, 4.69) is 16.0 Å². The van der Waals surface area contributed by atoms with Gasteiger partial charge in [0.2, 0.25) is 6.79 Å². The second kappa shape index (κ2) is 11.1. The first-order valence-corrected chi connectivity index (χ1v) is 11.2. The van der Waals surface area contributed by atoms with Crippen molar-refractivity contribution in [2.45, 2.75) is 37.5 Å². The van der Waals surface area contributed by atoms with Crippen molar-refractivity contribution in [2.75, 3.05) is 32.4 Å². The normalized spacial score (nSPS) is 20.9. The average molecular weight is 472 g/mol. The fraction of sp³-hybridized carbons (Fsp3) is 0.417. The van der Waals surface area contributed by atoms with Crippen molar-refractivity contribution in [2.24, 2.45) is 0 Å². The maximum Gasteiger partial charge on any atom is 0.319 e. The number of fused-ring (bicyclic) bond motifs is 1. The van der Waals surface area contributed by atoms with Crippen LogP contribution in [0.5, 0.6) is 17.2 Å². The standard InChI is InChI=1S/C24H29N3O7/c1-31-19-5-3-2-4-17(19)26-24(30)27-18-8-7-16(34-22(18)13-28)10-11-25-23(29)15-6-9-20-21(12-15)33-14-32-20/h2-6,9,12,16,18,22,28H,7-8,10-11,13-14H2,1H3,(H,25,29)(H2,26,27,30)/t16-,18+,22+/m0/s1. The average Bonchev–Trinajstić information content (AvgIpc) is 3.33. The number of carbonyl (C=O) groups excluding carboxylic acids is 2. The van der Waals surface area contributed by atoms with Gasteiger partial charge in [0.1, 0.15) is 11.9 Å². The molecule has 34 heavy (non-hydrogen) atoms. The third-order valence-corrected chi connectivity index (χ3v) is 5.85. The molecular formula is C24H29N3O7. The third kappa shape index (κ3) is 5.70. The van der Waals surface area contributed by atoms with E-state index < -0.39 is 12.1 Å². The summed E-state index contributed by atoms with van der Waals surface area (Å²) in [5.41, 5.74) is 1.04. The zero-order valence-corrected chi connectivity index (χ0v) is 18.9. The number of benzene rings is 2. The highest BCUT2D eigenvalue weighted by Crippen LogP contribution is 2.32. The number of hydrogen-bond acceptors (Lipinski definition) is 7. The summed E-state index contributed by atoms with van der Waals surface area (Å²) in [4.78, 5) is 24.9. The van der Waals surface area contributed by atoms with Gasteiger partial charge < -0.3 is 40.0 Å². The minimum atomic E-state index is -0.535. The van der Waals surface area contributed by atoms with Crippen LogP contribution >= 0.6 is 0 Å². The summed E-state index contributed by atoms with van der Waals surface area (Å²) in [6.45, 7) is 0.353. The predicted molar refractivity (Wildman–Crippen MR) is 123 cm³/mol. The Hall–Kier alpha value is -3.50. The van der Waals surface area contributed by atoms with Crippen LogP contribution in [0.4, 0.5) is 10.5 Å². The molecule has 0 saturated carbocycles. The van der Waals surface area contributed by atoms with E-state index in [4.69, 9.17) is 18.9 Å². The summed E-state index contributed by atoms with van der Waals surface area (Å²) < 4.78 is 21.8.